The van der Waals surface area contributed by atoms with Crippen molar-refractivity contribution in [1.29, 1.82) is 5.26 Å². The molecule has 42 heavy (non-hydrogen) atoms. The third-order valence-corrected chi connectivity index (χ3v) is 7.77. The van der Waals surface area contributed by atoms with E-state index in [1.54, 1.807) is 0 Å². The molecule has 1 aliphatic heterocycles. The molecule has 1 aliphatic carbocycles. The smallest absolute Gasteiger partial charge is 0.309 e. The lowest BCUT2D eigenvalue weighted by atomic mass is 9.84. The summed E-state index contributed by atoms with van der Waals surface area (Å²) in [6.45, 7) is 2.04. The van der Waals surface area contributed by atoms with Gasteiger partial charge in [-0.05, 0) is 59.2 Å². The first kappa shape index (κ1) is 28.6. The number of nitrogens with zero attached hydrogens (tertiary/aromatic N) is 3. The molecule has 9 heteroatoms. The Bertz CT molecular complexity index is 1540. The number of ether oxygens (including phenoxy) is 2. The van der Waals surface area contributed by atoms with E-state index in [9.17, 15) is 19.6 Å². The first-order valence-corrected chi connectivity index (χ1v) is 13.9. The maximum Gasteiger partial charge on any atom is 0.309 e. The van der Waals surface area contributed by atoms with Gasteiger partial charge in [0.05, 0.1) is 31.6 Å². The lowest BCUT2D eigenvalue weighted by Gasteiger charge is -2.25. The van der Waals surface area contributed by atoms with Crippen molar-refractivity contribution in [2.45, 2.75) is 38.6 Å². The number of rotatable bonds is 9. The number of anilines is 1. The minimum atomic E-state index is -0.583. The van der Waals surface area contributed by atoms with Gasteiger partial charge in [-0.3, -0.25) is 14.4 Å². The van der Waals surface area contributed by atoms with Gasteiger partial charge in [0, 0.05) is 17.7 Å². The van der Waals surface area contributed by atoms with Gasteiger partial charge in [0.15, 0.2) is 6.61 Å². The largest absolute Gasteiger partial charge is 0.469 e. The number of carbonyl (C=O) groups excluding carboxylic acids is 3. The number of hydrazone groups is 1. The monoisotopic (exact) mass is 564 g/mol. The summed E-state index contributed by atoms with van der Waals surface area (Å²) >= 11 is 0. The minimum Gasteiger partial charge on any atom is -0.469 e. The predicted molar refractivity (Wildman–Crippen MR) is 156 cm³/mol. The zero-order valence-corrected chi connectivity index (χ0v) is 23.6. The number of amides is 2. The van der Waals surface area contributed by atoms with Crippen molar-refractivity contribution in [2.75, 3.05) is 19.0 Å². The van der Waals surface area contributed by atoms with E-state index < -0.39 is 5.92 Å². The van der Waals surface area contributed by atoms with Crippen molar-refractivity contribution in [3.63, 3.8) is 0 Å². The molecule has 0 fully saturated rings. The quantitative estimate of drug-likeness (QED) is 0.380. The molecule has 2 aliphatic rings. The highest BCUT2D eigenvalue weighted by molar-refractivity contribution is 5.98. The molecule has 0 radical (unpaired) electrons. The summed E-state index contributed by atoms with van der Waals surface area (Å²) in [5.41, 5.74) is 5.02. The first-order chi connectivity index (χ1) is 20.4. The Hall–Kier alpha value is -4.97. The Kier molecular flexibility index (Phi) is 8.63. The van der Waals surface area contributed by atoms with Crippen LogP contribution in [0.5, 0.6) is 0 Å². The number of nitrogens with one attached hydrogen (secondary N) is 1. The lowest BCUT2D eigenvalue weighted by molar-refractivity contribution is -0.145. The topological polar surface area (TPSA) is 121 Å². The average Bonchev–Trinajstić information content (AvgIpc) is 3.45. The van der Waals surface area contributed by atoms with Gasteiger partial charge < -0.3 is 14.8 Å². The van der Waals surface area contributed by atoms with Gasteiger partial charge in [-0.15, -0.1) is 5.10 Å². The summed E-state index contributed by atoms with van der Waals surface area (Å²) in [5, 5.41) is 18.3. The number of nitriles is 1. The molecule has 3 aromatic carbocycles. The Morgan fingerprint density at radius 1 is 1.10 bits per heavy atom. The van der Waals surface area contributed by atoms with Crippen LogP contribution in [0.15, 0.2) is 77.9 Å². The average molecular weight is 565 g/mol. The Labute approximate surface area is 244 Å². The van der Waals surface area contributed by atoms with Crippen molar-refractivity contribution in [2.24, 2.45) is 16.9 Å². The van der Waals surface area contributed by atoms with Gasteiger partial charge in [-0.2, -0.15) is 5.26 Å². The van der Waals surface area contributed by atoms with E-state index in [1.165, 1.54) is 12.1 Å². The fraction of sp³-hybridized carbons (Fsp3) is 0.303. The van der Waals surface area contributed by atoms with Gasteiger partial charge in [-0.25, -0.2) is 5.01 Å². The van der Waals surface area contributed by atoms with Crippen LogP contribution in [0.2, 0.25) is 0 Å². The summed E-state index contributed by atoms with van der Waals surface area (Å²) in [6, 6.07) is 24.7. The molecule has 0 bridgehead atoms. The highest BCUT2D eigenvalue weighted by atomic mass is 16.5. The van der Waals surface area contributed by atoms with Crippen LogP contribution in [0.25, 0.3) is 0 Å². The van der Waals surface area contributed by atoms with Crippen molar-refractivity contribution in [1.82, 2.24) is 5.01 Å². The molecule has 214 valence electrons. The molecule has 0 spiro atoms. The van der Waals surface area contributed by atoms with Crippen LogP contribution in [0.4, 0.5) is 5.69 Å². The second kappa shape index (κ2) is 12.7. The summed E-state index contributed by atoms with van der Waals surface area (Å²) in [5.74, 6) is -1.44. The molecular weight excluding hydrogens is 532 g/mol. The summed E-state index contributed by atoms with van der Waals surface area (Å²) < 4.78 is 10.5. The second-order valence-corrected chi connectivity index (χ2v) is 10.6. The standard InChI is InChI=1S/C33H32N4O5/c1-21(15-16-34)30(31(39)35-28-10-6-9-25-17-26(18-27(25)28)33(40)41-2)23-13-11-22(12-14-23)19-37-29(38)20-42-32(36-37)24-7-4-3-5-8-24/h3-14,21,26,30H,15,17-20H2,1-2H3,(H,35,39). The summed E-state index contributed by atoms with van der Waals surface area (Å²) in [6.07, 6.45) is 1.28. The Balaban J connectivity index is 1.34. The van der Waals surface area contributed by atoms with Crippen molar-refractivity contribution in [3.8, 4) is 6.07 Å². The third kappa shape index (κ3) is 6.18. The summed E-state index contributed by atoms with van der Waals surface area (Å²) in [7, 11) is 1.38. The van der Waals surface area contributed by atoms with Crippen LogP contribution in [-0.2, 0) is 43.2 Å². The molecule has 2 amide bonds. The first-order valence-electron chi connectivity index (χ1n) is 13.9. The SMILES string of the molecule is COC(=O)C1Cc2cccc(NC(=O)C(c3ccc(CN4N=C(c5ccccc5)OCC4=O)cc3)C(C)CC#N)c2C1. The minimum absolute atomic E-state index is 0.0940. The number of benzene rings is 3. The molecule has 3 unspecified atom stereocenters. The van der Waals surface area contributed by atoms with Gasteiger partial charge in [0.1, 0.15) is 0 Å². The van der Waals surface area contributed by atoms with E-state index in [4.69, 9.17) is 9.47 Å². The van der Waals surface area contributed by atoms with Crippen LogP contribution in [-0.4, -0.2) is 42.4 Å². The maximum atomic E-state index is 13.7. The number of fused-ring (bicyclic) bond motifs is 1. The van der Waals surface area contributed by atoms with Crippen LogP contribution < -0.4 is 5.32 Å². The van der Waals surface area contributed by atoms with Gasteiger partial charge in [-0.1, -0.05) is 61.5 Å². The van der Waals surface area contributed by atoms with Crippen molar-refractivity contribution >= 4 is 29.4 Å². The van der Waals surface area contributed by atoms with E-state index in [0.29, 0.717) is 24.4 Å². The van der Waals surface area contributed by atoms with Crippen LogP contribution in [0.1, 0.15) is 47.1 Å². The maximum absolute atomic E-state index is 13.7. The predicted octanol–water partition coefficient (Wildman–Crippen LogP) is 4.57. The van der Waals surface area contributed by atoms with E-state index >= 15 is 0 Å². The molecule has 0 aromatic heterocycles. The lowest BCUT2D eigenvalue weighted by Crippen LogP contribution is -2.36. The fourth-order valence-electron chi connectivity index (χ4n) is 5.56. The molecule has 1 heterocycles. The molecule has 1 N–H and O–H groups in total. The highest BCUT2D eigenvalue weighted by Crippen LogP contribution is 2.35. The fourth-order valence-corrected chi connectivity index (χ4v) is 5.56. The number of hydrogen-bond acceptors (Lipinski definition) is 7. The van der Waals surface area contributed by atoms with Crippen LogP contribution in [0.3, 0.4) is 0 Å². The van der Waals surface area contributed by atoms with Crippen LogP contribution >= 0.6 is 0 Å². The van der Waals surface area contributed by atoms with Crippen LogP contribution in [0, 0.1) is 23.2 Å². The van der Waals surface area contributed by atoms with Gasteiger partial charge in [0.2, 0.25) is 11.8 Å². The molecule has 0 saturated carbocycles. The van der Waals surface area contributed by atoms with Crippen molar-refractivity contribution < 1.29 is 23.9 Å². The third-order valence-electron chi connectivity index (χ3n) is 7.77. The molecule has 9 nitrogen and oxygen atoms in total. The normalized spacial score (nSPS) is 17.3. The van der Waals surface area contributed by atoms with E-state index in [-0.39, 0.29) is 49.2 Å². The van der Waals surface area contributed by atoms with Gasteiger partial charge in [0.25, 0.3) is 5.91 Å². The molecule has 3 atom stereocenters. The van der Waals surface area contributed by atoms with E-state index in [1.807, 2.05) is 79.7 Å². The van der Waals surface area contributed by atoms with Gasteiger partial charge >= 0.3 is 5.97 Å². The van der Waals surface area contributed by atoms with E-state index in [2.05, 4.69) is 16.5 Å². The molecular formula is C33H32N4O5. The number of methoxy groups -OCH3 is 1. The number of hydrogen-bond donors (Lipinski definition) is 1. The second-order valence-electron chi connectivity index (χ2n) is 10.6. The molecule has 3 aromatic rings. The zero-order chi connectivity index (χ0) is 29.6. The number of esters is 1. The van der Waals surface area contributed by atoms with Crippen molar-refractivity contribution in [3.05, 3.63) is 101 Å². The Morgan fingerprint density at radius 3 is 2.57 bits per heavy atom. The summed E-state index contributed by atoms with van der Waals surface area (Å²) in [4.78, 5) is 38.4. The zero-order valence-electron chi connectivity index (χ0n) is 23.6. The Morgan fingerprint density at radius 2 is 1.86 bits per heavy atom. The molecule has 5 rings (SSSR count). The van der Waals surface area contributed by atoms with E-state index in [0.717, 1.165) is 27.8 Å². The molecule has 0 saturated heterocycles. The highest BCUT2D eigenvalue weighted by Gasteiger charge is 2.32. The number of carbonyl (C=O) groups is 3.